The number of carbonyl (C=O) groups is 1. The maximum Gasteiger partial charge on any atom is 0.324 e. The summed E-state index contributed by atoms with van der Waals surface area (Å²) < 4.78 is 29.6. The van der Waals surface area contributed by atoms with Crippen molar-refractivity contribution >= 4 is 21.5 Å². The second-order valence-electron chi connectivity index (χ2n) is 4.55. The fraction of sp³-hybridized carbons (Fsp3) is 0.417. The number of nitrogens with zero attached hydrogens (tertiary/aromatic N) is 1. The lowest BCUT2D eigenvalue weighted by atomic mass is 10.3. The first-order valence-electron chi connectivity index (χ1n) is 5.94. The summed E-state index contributed by atoms with van der Waals surface area (Å²) in [6.07, 6.45) is 1.19. The highest BCUT2D eigenvalue weighted by Crippen LogP contribution is 2.40. The zero-order chi connectivity index (χ0) is 14.9. The van der Waals surface area contributed by atoms with E-state index in [1.807, 2.05) is 0 Å². The fourth-order valence-corrected chi connectivity index (χ4v) is 4.18. The van der Waals surface area contributed by atoms with Crippen LogP contribution in [0.1, 0.15) is 12.8 Å². The number of nitro groups is 1. The van der Waals surface area contributed by atoms with Gasteiger partial charge in [-0.2, -0.15) is 0 Å². The Morgan fingerprint density at radius 3 is 2.50 bits per heavy atom. The topological polar surface area (TPSA) is 104 Å². The normalized spacial score (nSPS) is 16.4. The number of rotatable bonds is 5. The molecule has 1 atom stereocenters. The van der Waals surface area contributed by atoms with E-state index < -0.39 is 36.6 Å². The fourth-order valence-electron chi connectivity index (χ4n) is 2.07. The number of sulfone groups is 1. The number of nitro benzene ring substituents is 1. The molecule has 1 aromatic carbocycles. The molecule has 0 N–H and O–H groups in total. The molecule has 1 aromatic rings. The summed E-state index contributed by atoms with van der Waals surface area (Å²) in [7, 11) is -3.04. The zero-order valence-corrected chi connectivity index (χ0v) is 11.5. The minimum atomic E-state index is -4.14. The van der Waals surface area contributed by atoms with Crippen LogP contribution in [-0.4, -0.2) is 31.7 Å². The monoisotopic (exact) mass is 299 g/mol. The highest BCUT2D eigenvalue weighted by atomic mass is 32.2. The van der Waals surface area contributed by atoms with Gasteiger partial charge in [-0.3, -0.25) is 14.9 Å². The highest BCUT2D eigenvalue weighted by Gasteiger charge is 2.48. The van der Waals surface area contributed by atoms with Crippen molar-refractivity contribution < 1.29 is 22.9 Å². The van der Waals surface area contributed by atoms with Crippen LogP contribution in [0.5, 0.6) is 0 Å². The molecule has 1 fully saturated rings. The zero-order valence-electron chi connectivity index (χ0n) is 10.7. The number of para-hydroxylation sites is 1. The van der Waals surface area contributed by atoms with Gasteiger partial charge in [-0.25, -0.2) is 8.42 Å². The molecular weight excluding hydrogens is 286 g/mol. The van der Waals surface area contributed by atoms with Crippen LogP contribution in [0.2, 0.25) is 0 Å². The van der Waals surface area contributed by atoms with Gasteiger partial charge < -0.3 is 4.74 Å². The summed E-state index contributed by atoms with van der Waals surface area (Å²) >= 11 is 0. The van der Waals surface area contributed by atoms with E-state index >= 15 is 0 Å². The van der Waals surface area contributed by atoms with E-state index in [0.717, 1.165) is 19.2 Å². The Balaban J connectivity index is 2.54. The molecule has 1 aliphatic rings. The minimum Gasteiger partial charge on any atom is -0.468 e. The summed E-state index contributed by atoms with van der Waals surface area (Å²) in [5.74, 6) is -1.20. The SMILES string of the molecule is COC(=O)C(C1CC1)S(=O)(=O)c1ccccc1[N+](=O)[O-]. The molecule has 0 spiro atoms. The van der Waals surface area contributed by atoms with E-state index in [-0.39, 0.29) is 5.92 Å². The van der Waals surface area contributed by atoms with Gasteiger partial charge in [-0.1, -0.05) is 12.1 Å². The molecule has 0 amide bonds. The van der Waals surface area contributed by atoms with Crippen LogP contribution in [0.25, 0.3) is 0 Å². The predicted octanol–water partition coefficient (Wildman–Crippen LogP) is 1.32. The maximum atomic E-state index is 12.5. The molecule has 0 saturated heterocycles. The van der Waals surface area contributed by atoms with Crippen LogP contribution >= 0.6 is 0 Å². The van der Waals surface area contributed by atoms with Crippen molar-refractivity contribution in [1.29, 1.82) is 0 Å². The molecule has 0 aliphatic heterocycles. The van der Waals surface area contributed by atoms with Crippen LogP contribution < -0.4 is 0 Å². The van der Waals surface area contributed by atoms with E-state index in [2.05, 4.69) is 4.74 Å². The van der Waals surface area contributed by atoms with Crippen molar-refractivity contribution in [1.82, 2.24) is 0 Å². The smallest absolute Gasteiger partial charge is 0.324 e. The first-order chi connectivity index (χ1) is 9.39. The van der Waals surface area contributed by atoms with Crippen molar-refractivity contribution in [2.45, 2.75) is 23.0 Å². The lowest BCUT2D eigenvalue weighted by Gasteiger charge is -2.14. The average Bonchev–Trinajstić information content (AvgIpc) is 3.22. The van der Waals surface area contributed by atoms with Gasteiger partial charge in [0.1, 0.15) is 4.90 Å². The third kappa shape index (κ3) is 2.51. The van der Waals surface area contributed by atoms with E-state index in [0.29, 0.717) is 12.8 Å². The molecule has 1 saturated carbocycles. The summed E-state index contributed by atoms with van der Waals surface area (Å²) in [5.41, 5.74) is -0.526. The van der Waals surface area contributed by atoms with Crippen LogP contribution in [0.4, 0.5) is 5.69 Å². The van der Waals surface area contributed by atoms with E-state index in [1.165, 1.54) is 12.1 Å². The molecule has 20 heavy (non-hydrogen) atoms. The van der Waals surface area contributed by atoms with Crippen LogP contribution in [0.3, 0.4) is 0 Å². The molecule has 108 valence electrons. The largest absolute Gasteiger partial charge is 0.468 e. The molecule has 2 rings (SSSR count). The number of esters is 1. The van der Waals surface area contributed by atoms with Gasteiger partial charge in [0.15, 0.2) is 15.1 Å². The van der Waals surface area contributed by atoms with Gasteiger partial charge in [0.25, 0.3) is 5.69 Å². The van der Waals surface area contributed by atoms with Gasteiger partial charge in [0, 0.05) is 6.07 Å². The Labute approximate surface area is 115 Å². The summed E-state index contributed by atoms with van der Waals surface area (Å²) in [6.45, 7) is 0. The molecule has 0 radical (unpaired) electrons. The van der Waals surface area contributed by atoms with Crippen molar-refractivity contribution in [3.8, 4) is 0 Å². The van der Waals surface area contributed by atoms with Crippen molar-refractivity contribution in [2.75, 3.05) is 7.11 Å². The molecule has 0 aromatic heterocycles. The molecular formula is C12H13NO6S. The standard InChI is InChI=1S/C12H13NO6S/c1-19-12(14)11(8-6-7-8)20(17,18)10-5-3-2-4-9(10)13(15)16/h2-5,8,11H,6-7H2,1H3. The van der Waals surface area contributed by atoms with Gasteiger partial charge in [-0.05, 0) is 24.8 Å². The summed E-state index contributed by atoms with van der Waals surface area (Å²) in [5, 5.41) is 9.57. The van der Waals surface area contributed by atoms with Crippen LogP contribution in [0, 0.1) is 16.0 Å². The number of hydrogen-bond donors (Lipinski definition) is 0. The van der Waals surface area contributed by atoms with Gasteiger partial charge in [0.2, 0.25) is 0 Å². The first-order valence-corrected chi connectivity index (χ1v) is 7.49. The molecule has 0 heterocycles. The second-order valence-corrected chi connectivity index (χ2v) is 6.59. The Bertz CT molecular complexity index is 650. The van der Waals surface area contributed by atoms with Gasteiger partial charge in [-0.15, -0.1) is 0 Å². The number of benzene rings is 1. The Morgan fingerprint density at radius 2 is 2.00 bits per heavy atom. The third-order valence-corrected chi connectivity index (χ3v) is 5.39. The number of carbonyl (C=O) groups excluding carboxylic acids is 1. The molecule has 1 unspecified atom stereocenters. The lowest BCUT2D eigenvalue weighted by molar-refractivity contribution is -0.387. The number of hydrogen-bond acceptors (Lipinski definition) is 6. The number of methoxy groups -OCH3 is 1. The average molecular weight is 299 g/mol. The summed E-state index contributed by atoms with van der Waals surface area (Å²) in [4.78, 5) is 21.5. The second kappa shape index (κ2) is 5.20. The maximum absolute atomic E-state index is 12.5. The summed E-state index contributed by atoms with van der Waals surface area (Å²) in [6, 6.07) is 5.02. The highest BCUT2D eigenvalue weighted by molar-refractivity contribution is 7.93. The van der Waals surface area contributed by atoms with Crippen molar-refractivity contribution in [2.24, 2.45) is 5.92 Å². The van der Waals surface area contributed by atoms with Crippen molar-refractivity contribution in [3.05, 3.63) is 34.4 Å². The van der Waals surface area contributed by atoms with E-state index in [4.69, 9.17) is 0 Å². The third-order valence-electron chi connectivity index (χ3n) is 3.19. The predicted molar refractivity (Wildman–Crippen MR) is 68.8 cm³/mol. The first kappa shape index (κ1) is 14.4. The van der Waals surface area contributed by atoms with Crippen molar-refractivity contribution in [3.63, 3.8) is 0 Å². The minimum absolute atomic E-state index is 0.327. The van der Waals surface area contributed by atoms with Crippen LogP contribution in [0.15, 0.2) is 29.2 Å². The van der Waals surface area contributed by atoms with Crippen LogP contribution in [-0.2, 0) is 19.4 Å². The Kier molecular flexibility index (Phi) is 3.76. The Morgan fingerprint density at radius 1 is 1.40 bits per heavy atom. The molecule has 0 bridgehead atoms. The van der Waals surface area contributed by atoms with E-state index in [9.17, 15) is 23.3 Å². The Hall–Kier alpha value is -1.96. The molecule has 7 nitrogen and oxygen atoms in total. The number of ether oxygens (including phenoxy) is 1. The van der Waals surface area contributed by atoms with Gasteiger partial charge in [0.05, 0.1) is 12.0 Å². The van der Waals surface area contributed by atoms with Gasteiger partial charge >= 0.3 is 5.97 Å². The van der Waals surface area contributed by atoms with E-state index in [1.54, 1.807) is 0 Å². The quantitative estimate of drug-likeness (QED) is 0.461. The molecule has 8 heteroatoms. The molecule has 1 aliphatic carbocycles. The lowest BCUT2D eigenvalue weighted by Crippen LogP contribution is -2.33.